The molecule has 3 nitrogen and oxygen atoms in total. The Bertz CT molecular complexity index is 197. The van der Waals surface area contributed by atoms with Crippen molar-refractivity contribution in [3.63, 3.8) is 0 Å². The van der Waals surface area contributed by atoms with E-state index in [2.05, 4.69) is 5.32 Å². The van der Waals surface area contributed by atoms with E-state index in [-0.39, 0.29) is 16.8 Å². The number of carbonyl (C=O) groups excluding carboxylic acids is 2. The third-order valence-electron chi connectivity index (χ3n) is 0.884. The lowest BCUT2D eigenvalue weighted by Crippen LogP contribution is -2.20. The molecule has 0 aliphatic carbocycles. The molecular formula is C6H7Cl2NO2. The molecule has 0 fully saturated rings. The summed E-state index contributed by atoms with van der Waals surface area (Å²) in [4.78, 5) is 21.3. The van der Waals surface area contributed by atoms with Crippen molar-refractivity contribution in [2.75, 3.05) is 7.05 Å². The van der Waals surface area contributed by atoms with E-state index >= 15 is 0 Å². The molecular weight excluding hydrogens is 189 g/mol. The van der Waals surface area contributed by atoms with Crippen molar-refractivity contribution < 1.29 is 9.59 Å². The van der Waals surface area contributed by atoms with E-state index in [1.165, 1.54) is 7.05 Å². The predicted octanol–water partition coefficient (Wildman–Crippen LogP) is 1.01. The molecule has 0 bridgehead atoms. The summed E-state index contributed by atoms with van der Waals surface area (Å²) in [6.07, 6.45) is 0.776. The second-order valence-corrected chi connectivity index (χ2v) is 2.76. The number of nitrogens with one attached hydrogen (secondary N) is 1. The molecule has 0 saturated heterocycles. The summed E-state index contributed by atoms with van der Waals surface area (Å²) in [6.45, 7) is 0. The largest absolute Gasteiger partial charge is 0.359 e. The number of carbonyl (C=O) groups is 2. The Morgan fingerprint density at radius 2 is 2.00 bits per heavy atom. The molecule has 1 amide bonds. The van der Waals surface area contributed by atoms with Gasteiger partial charge in [0.15, 0.2) is 5.78 Å². The minimum Gasteiger partial charge on any atom is -0.359 e. The number of rotatable bonds is 3. The molecule has 62 valence electrons. The average molecular weight is 196 g/mol. The van der Waals surface area contributed by atoms with Crippen molar-refractivity contribution in [3.8, 4) is 0 Å². The van der Waals surface area contributed by atoms with Crippen LogP contribution in [0.2, 0.25) is 0 Å². The van der Waals surface area contributed by atoms with Gasteiger partial charge in [0.1, 0.15) is 4.49 Å². The number of ketones is 1. The molecule has 0 spiro atoms. The van der Waals surface area contributed by atoms with Gasteiger partial charge >= 0.3 is 0 Å². The van der Waals surface area contributed by atoms with Crippen molar-refractivity contribution in [1.29, 1.82) is 0 Å². The van der Waals surface area contributed by atoms with Crippen molar-refractivity contribution >= 4 is 34.9 Å². The van der Waals surface area contributed by atoms with Gasteiger partial charge < -0.3 is 5.32 Å². The lowest BCUT2D eigenvalue weighted by molar-refractivity contribution is -0.125. The molecule has 0 heterocycles. The maximum Gasteiger partial charge on any atom is 0.227 e. The van der Waals surface area contributed by atoms with Crippen LogP contribution in [0.3, 0.4) is 0 Å². The van der Waals surface area contributed by atoms with Crippen LogP contribution in [0.4, 0.5) is 0 Å². The van der Waals surface area contributed by atoms with Crippen LogP contribution in [-0.2, 0) is 9.59 Å². The van der Waals surface area contributed by atoms with Gasteiger partial charge in [-0.2, -0.15) is 0 Å². The van der Waals surface area contributed by atoms with Crippen LogP contribution >= 0.6 is 23.2 Å². The predicted molar refractivity (Wildman–Crippen MR) is 43.5 cm³/mol. The third-order valence-corrected chi connectivity index (χ3v) is 1.10. The second kappa shape index (κ2) is 5.16. The van der Waals surface area contributed by atoms with Crippen molar-refractivity contribution in [1.82, 2.24) is 5.32 Å². The van der Waals surface area contributed by atoms with Gasteiger partial charge in [-0.3, -0.25) is 9.59 Å². The van der Waals surface area contributed by atoms with E-state index in [1.807, 2.05) is 0 Å². The minimum atomic E-state index is -0.413. The molecule has 0 aromatic rings. The van der Waals surface area contributed by atoms with Gasteiger partial charge in [0.05, 0.1) is 6.42 Å². The average Bonchev–Trinajstić information content (AvgIpc) is 1.85. The Kier molecular flexibility index (Phi) is 4.90. The van der Waals surface area contributed by atoms with E-state index in [0.29, 0.717) is 0 Å². The normalized spacial score (nSPS) is 8.64. The molecule has 0 aromatic carbocycles. The third kappa shape index (κ3) is 5.88. The number of halogens is 2. The highest BCUT2D eigenvalue weighted by atomic mass is 35.5. The van der Waals surface area contributed by atoms with Crippen LogP contribution in [0.25, 0.3) is 0 Å². The topological polar surface area (TPSA) is 46.2 Å². The SMILES string of the molecule is CNC(=O)CC(=O)C=C(Cl)Cl. The monoisotopic (exact) mass is 195 g/mol. The smallest absolute Gasteiger partial charge is 0.227 e. The maximum atomic E-state index is 10.7. The lowest BCUT2D eigenvalue weighted by Gasteiger charge is -1.93. The fraction of sp³-hybridized carbons (Fsp3) is 0.333. The van der Waals surface area contributed by atoms with Crippen LogP contribution in [-0.4, -0.2) is 18.7 Å². The van der Waals surface area contributed by atoms with Gasteiger partial charge in [-0.25, -0.2) is 0 Å². The zero-order chi connectivity index (χ0) is 8.85. The van der Waals surface area contributed by atoms with Crippen LogP contribution in [0.1, 0.15) is 6.42 Å². The van der Waals surface area contributed by atoms with Crippen molar-refractivity contribution in [3.05, 3.63) is 10.6 Å². The van der Waals surface area contributed by atoms with Gasteiger partial charge in [-0.1, -0.05) is 23.2 Å². The molecule has 5 heteroatoms. The van der Waals surface area contributed by atoms with E-state index < -0.39 is 5.78 Å². The van der Waals surface area contributed by atoms with Crippen LogP contribution < -0.4 is 5.32 Å². The Balaban J connectivity index is 3.89. The Labute approximate surface area is 74.4 Å². The fourth-order valence-electron chi connectivity index (χ4n) is 0.419. The number of hydrogen-bond donors (Lipinski definition) is 1. The number of amides is 1. The van der Waals surface area contributed by atoms with Gasteiger partial charge in [0.25, 0.3) is 0 Å². The molecule has 0 radical (unpaired) electrons. The first-order chi connectivity index (χ1) is 5.06. The zero-order valence-corrected chi connectivity index (χ0v) is 7.37. The van der Waals surface area contributed by atoms with Crippen LogP contribution in [0, 0.1) is 0 Å². The van der Waals surface area contributed by atoms with E-state index in [0.717, 1.165) is 6.08 Å². The zero-order valence-electron chi connectivity index (χ0n) is 5.86. The molecule has 11 heavy (non-hydrogen) atoms. The maximum absolute atomic E-state index is 10.7. The summed E-state index contributed by atoms with van der Waals surface area (Å²) in [5, 5.41) is 2.29. The summed E-state index contributed by atoms with van der Waals surface area (Å²) in [7, 11) is 1.45. The number of allylic oxidation sites excluding steroid dienone is 1. The van der Waals surface area contributed by atoms with E-state index in [1.54, 1.807) is 0 Å². The van der Waals surface area contributed by atoms with Crippen LogP contribution in [0.15, 0.2) is 10.6 Å². The van der Waals surface area contributed by atoms with Crippen molar-refractivity contribution in [2.24, 2.45) is 0 Å². The summed E-state index contributed by atoms with van der Waals surface area (Å²) in [5.41, 5.74) is 0. The fourth-order valence-corrected chi connectivity index (χ4v) is 0.663. The van der Waals surface area contributed by atoms with Gasteiger partial charge in [0, 0.05) is 13.1 Å². The highest BCUT2D eigenvalue weighted by Gasteiger charge is 2.04. The van der Waals surface area contributed by atoms with E-state index in [9.17, 15) is 9.59 Å². The van der Waals surface area contributed by atoms with E-state index in [4.69, 9.17) is 23.2 Å². The first kappa shape index (κ1) is 10.5. The highest BCUT2D eigenvalue weighted by Crippen LogP contribution is 2.06. The van der Waals surface area contributed by atoms with Gasteiger partial charge in [-0.15, -0.1) is 0 Å². The first-order valence-corrected chi connectivity index (χ1v) is 3.58. The lowest BCUT2D eigenvalue weighted by atomic mass is 10.3. The highest BCUT2D eigenvalue weighted by molar-refractivity contribution is 6.56. The van der Waals surface area contributed by atoms with Crippen LogP contribution in [0.5, 0.6) is 0 Å². The van der Waals surface area contributed by atoms with Gasteiger partial charge in [-0.05, 0) is 0 Å². The number of hydrogen-bond acceptors (Lipinski definition) is 2. The second-order valence-electron chi connectivity index (χ2n) is 1.75. The Morgan fingerprint density at radius 1 is 1.45 bits per heavy atom. The molecule has 0 aliphatic heterocycles. The minimum absolute atomic E-state index is 0.140. The molecule has 0 saturated carbocycles. The Morgan fingerprint density at radius 3 is 2.36 bits per heavy atom. The molecule has 0 unspecified atom stereocenters. The summed E-state index contributed by atoms with van der Waals surface area (Å²) >= 11 is 10.3. The molecule has 0 atom stereocenters. The molecule has 1 N–H and O–H groups in total. The molecule has 0 aliphatic rings. The standard InChI is InChI=1S/C6H7Cl2NO2/c1-9-6(11)3-4(10)2-5(7)8/h2H,3H2,1H3,(H,9,11). The van der Waals surface area contributed by atoms with Gasteiger partial charge in [0.2, 0.25) is 5.91 Å². The summed E-state index contributed by atoms with van der Waals surface area (Å²) in [6, 6.07) is 0. The summed E-state index contributed by atoms with van der Waals surface area (Å²) < 4.78 is -0.140. The molecule has 0 aromatic heterocycles. The van der Waals surface area contributed by atoms with Crippen molar-refractivity contribution in [2.45, 2.75) is 6.42 Å². The Hall–Kier alpha value is -0.540. The quantitative estimate of drug-likeness (QED) is 0.540. The summed E-state index contributed by atoms with van der Waals surface area (Å²) in [5.74, 6) is -0.773. The first-order valence-electron chi connectivity index (χ1n) is 2.82. The molecule has 0 rings (SSSR count).